The fourth-order valence-corrected chi connectivity index (χ4v) is 1.51. The summed E-state index contributed by atoms with van der Waals surface area (Å²) in [5, 5.41) is 13.8. The Morgan fingerprint density at radius 2 is 2.25 bits per heavy atom. The number of hydrogen-bond donors (Lipinski definition) is 1. The zero-order valence-electron chi connectivity index (χ0n) is 9.69. The van der Waals surface area contributed by atoms with E-state index in [0.717, 1.165) is 0 Å². The van der Waals surface area contributed by atoms with Gasteiger partial charge in [-0.1, -0.05) is 12.1 Å². The van der Waals surface area contributed by atoms with E-state index in [9.17, 15) is 10.1 Å². The quantitative estimate of drug-likeness (QED) is 0.612. The van der Waals surface area contributed by atoms with Crippen LogP contribution in [0.15, 0.2) is 18.2 Å². The standard InChI is InChI=1S/C11H16N2O3/c1-8-5-4-6-10(11(8)13(14)15)16-9(2)7-12-3/h4-6,9,12H,7H2,1-3H3. The van der Waals surface area contributed by atoms with E-state index in [1.807, 2.05) is 14.0 Å². The van der Waals surface area contributed by atoms with Gasteiger partial charge in [0.1, 0.15) is 6.10 Å². The molecule has 0 aliphatic carbocycles. The van der Waals surface area contributed by atoms with Crippen LogP contribution < -0.4 is 10.1 Å². The molecule has 0 aromatic heterocycles. The van der Waals surface area contributed by atoms with Crippen molar-refractivity contribution in [2.45, 2.75) is 20.0 Å². The Morgan fingerprint density at radius 3 is 2.81 bits per heavy atom. The number of rotatable bonds is 5. The number of nitrogens with one attached hydrogen (secondary N) is 1. The molecule has 0 radical (unpaired) electrons. The first kappa shape index (κ1) is 12.4. The van der Waals surface area contributed by atoms with Crippen molar-refractivity contribution >= 4 is 5.69 Å². The van der Waals surface area contributed by atoms with E-state index in [0.29, 0.717) is 17.9 Å². The van der Waals surface area contributed by atoms with Crippen LogP contribution in [-0.4, -0.2) is 24.6 Å². The third-order valence-corrected chi connectivity index (χ3v) is 2.20. The molecule has 0 bridgehead atoms. The van der Waals surface area contributed by atoms with Gasteiger partial charge in [0.15, 0.2) is 5.75 Å². The van der Waals surface area contributed by atoms with Crippen molar-refractivity contribution in [1.29, 1.82) is 0 Å². The van der Waals surface area contributed by atoms with Crippen molar-refractivity contribution < 1.29 is 9.66 Å². The first-order chi connectivity index (χ1) is 7.56. The normalized spacial score (nSPS) is 12.2. The van der Waals surface area contributed by atoms with Gasteiger partial charge in [0.25, 0.3) is 0 Å². The molecule has 1 aromatic carbocycles. The summed E-state index contributed by atoms with van der Waals surface area (Å²) < 4.78 is 5.52. The molecule has 1 N–H and O–H groups in total. The lowest BCUT2D eigenvalue weighted by Crippen LogP contribution is -2.26. The second-order valence-electron chi connectivity index (χ2n) is 3.66. The number of aryl methyl sites for hydroxylation is 1. The van der Waals surface area contributed by atoms with Crippen molar-refractivity contribution in [3.05, 3.63) is 33.9 Å². The van der Waals surface area contributed by atoms with Crippen LogP contribution in [0.3, 0.4) is 0 Å². The summed E-state index contributed by atoms with van der Waals surface area (Å²) in [7, 11) is 1.81. The molecule has 0 saturated carbocycles. The van der Waals surface area contributed by atoms with Gasteiger partial charge in [-0.3, -0.25) is 10.1 Å². The monoisotopic (exact) mass is 224 g/mol. The number of hydrogen-bond acceptors (Lipinski definition) is 4. The maximum absolute atomic E-state index is 10.9. The molecule has 0 heterocycles. The first-order valence-electron chi connectivity index (χ1n) is 5.11. The van der Waals surface area contributed by atoms with Crippen LogP contribution in [0.1, 0.15) is 12.5 Å². The number of ether oxygens (including phenoxy) is 1. The van der Waals surface area contributed by atoms with Crippen molar-refractivity contribution in [3.63, 3.8) is 0 Å². The van der Waals surface area contributed by atoms with E-state index in [4.69, 9.17) is 4.74 Å². The molecule has 5 heteroatoms. The largest absolute Gasteiger partial charge is 0.482 e. The Kier molecular flexibility index (Phi) is 4.25. The second kappa shape index (κ2) is 5.46. The summed E-state index contributed by atoms with van der Waals surface area (Å²) in [5.41, 5.74) is 0.657. The van der Waals surface area contributed by atoms with E-state index in [1.54, 1.807) is 25.1 Å². The lowest BCUT2D eigenvalue weighted by Gasteiger charge is -2.14. The van der Waals surface area contributed by atoms with E-state index in [-0.39, 0.29) is 11.8 Å². The van der Waals surface area contributed by atoms with Crippen molar-refractivity contribution in [3.8, 4) is 5.75 Å². The lowest BCUT2D eigenvalue weighted by atomic mass is 10.2. The van der Waals surface area contributed by atoms with Crippen LogP contribution in [0.4, 0.5) is 5.69 Å². The highest BCUT2D eigenvalue weighted by atomic mass is 16.6. The molecule has 0 amide bonds. The molecular weight excluding hydrogens is 208 g/mol. The van der Waals surface area contributed by atoms with E-state index < -0.39 is 4.92 Å². The summed E-state index contributed by atoms with van der Waals surface area (Å²) in [6.45, 7) is 4.21. The predicted octanol–water partition coefficient (Wildman–Crippen LogP) is 1.89. The fraction of sp³-hybridized carbons (Fsp3) is 0.455. The average molecular weight is 224 g/mol. The minimum absolute atomic E-state index is 0.0467. The Balaban J connectivity index is 2.95. The summed E-state index contributed by atoms with van der Waals surface area (Å²) >= 11 is 0. The number of benzene rings is 1. The molecule has 88 valence electrons. The maximum Gasteiger partial charge on any atom is 0.313 e. The van der Waals surface area contributed by atoms with Gasteiger partial charge in [-0.2, -0.15) is 0 Å². The van der Waals surface area contributed by atoms with Gasteiger partial charge < -0.3 is 10.1 Å². The molecule has 0 spiro atoms. The number of nitrogens with zero attached hydrogens (tertiary/aromatic N) is 1. The zero-order valence-corrected chi connectivity index (χ0v) is 9.69. The fourth-order valence-electron chi connectivity index (χ4n) is 1.51. The minimum Gasteiger partial charge on any atom is -0.482 e. The Labute approximate surface area is 94.6 Å². The van der Waals surface area contributed by atoms with Gasteiger partial charge in [-0.25, -0.2) is 0 Å². The van der Waals surface area contributed by atoms with Crippen molar-refractivity contribution in [2.75, 3.05) is 13.6 Å². The van der Waals surface area contributed by atoms with Gasteiger partial charge in [0.05, 0.1) is 4.92 Å². The van der Waals surface area contributed by atoms with E-state index in [1.165, 1.54) is 0 Å². The minimum atomic E-state index is -0.406. The van der Waals surface area contributed by atoms with E-state index >= 15 is 0 Å². The van der Waals surface area contributed by atoms with Crippen molar-refractivity contribution in [1.82, 2.24) is 5.32 Å². The SMILES string of the molecule is CNCC(C)Oc1cccc(C)c1[N+](=O)[O-]. The van der Waals surface area contributed by atoms with Gasteiger partial charge in [-0.15, -0.1) is 0 Å². The Morgan fingerprint density at radius 1 is 1.56 bits per heavy atom. The summed E-state index contributed by atoms with van der Waals surface area (Å²) in [5.74, 6) is 0.327. The van der Waals surface area contributed by atoms with Gasteiger partial charge in [-0.05, 0) is 27.0 Å². The van der Waals surface area contributed by atoms with Crippen LogP contribution in [0.25, 0.3) is 0 Å². The van der Waals surface area contributed by atoms with Gasteiger partial charge in [0.2, 0.25) is 0 Å². The van der Waals surface area contributed by atoms with Crippen LogP contribution in [-0.2, 0) is 0 Å². The van der Waals surface area contributed by atoms with Crippen LogP contribution in [0, 0.1) is 17.0 Å². The second-order valence-corrected chi connectivity index (χ2v) is 3.66. The molecule has 1 aromatic rings. The first-order valence-corrected chi connectivity index (χ1v) is 5.11. The maximum atomic E-state index is 10.9. The van der Waals surface area contributed by atoms with Crippen LogP contribution >= 0.6 is 0 Å². The molecule has 1 unspecified atom stereocenters. The highest BCUT2D eigenvalue weighted by Gasteiger charge is 2.19. The van der Waals surface area contributed by atoms with Gasteiger partial charge >= 0.3 is 5.69 Å². The lowest BCUT2D eigenvalue weighted by molar-refractivity contribution is -0.386. The smallest absolute Gasteiger partial charge is 0.313 e. The molecule has 0 aliphatic rings. The molecule has 1 atom stereocenters. The predicted molar refractivity (Wildman–Crippen MR) is 61.9 cm³/mol. The number of likely N-dealkylation sites (N-methyl/N-ethyl adjacent to an activating group) is 1. The molecule has 0 aliphatic heterocycles. The summed E-state index contributed by atoms with van der Waals surface area (Å²) in [6, 6.07) is 5.08. The van der Waals surface area contributed by atoms with Crippen molar-refractivity contribution in [2.24, 2.45) is 0 Å². The molecule has 0 fully saturated rings. The third-order valence-electron chi connectivity index (χ3n) is 2.20. The average Bonchev–Trinajstić information content (AvgIpc) is 2.17. The summed E-state index contributed by atoms with van der Waals surface area (Å²) in [6.07, 6.45) is -0.106. The Hall–Kier alpha value is -1.62. The van der Waals surface area contributed by atoms with Crippen LogP contribution in [0.5, 0.6) is 5.75 Å². The molecular formula is C11H16N2O3. The Bertz CT molecular complexity index is 379. The highest BCUT2D eigenvalue weighted by Crippen LogP contribution is 2.30. The molecule has 1 rings (SSSR count). The molecule has 5 nitrogen and oxygen atoms in total. The number of nitro groups is 1. The molecule has 16 heavy (non-hydrogen) atoms. The number of para-hydroxylation sites is 1. The summed E-state index contributed by atoms with van der Waals surface area (Å²) in [4.78, 5) is 10.5. The van der Waals surface area contributed by atoms with Crippen LogP contribution in [0.2, 0.25) is 0 Å². The zero-order chi connectivity index (χ0) is 12.1. The number of nitro benzene ring substituents is 1. The topological polar surface area (TPSA) is 64.4 Å². The third kappa shape index (κ3) is 2.93. The highest BCUT2D eigenvalue weighted by molar-refractivity contribution is 5.52. The van der Waals surface area contributed by atoms with Gasteiger partial charge in [0, 0.05) is 12.1 Å². The van der Waals surface area contributed by atoms with E-state index in [2.05, 4.69) is 5.32 Å². The molecule has 0 saturated heterocycles.